The molecular formula is C28H43FN4O5S2Si. The van der Waals surface area contributed by atoms with E-state index in [1.165, 1.54) is 19.9 Å². The topological polar surface area (TPSA) is 141 Å². The predicted molar refractivity (Wildman–Crippen MR) is 163 cm³/mol. The lowest BCUT2D eigenvalue weighted by Crippen LogP contribution is -2.40. The van der Waals surface area contributed by atoms with Crippen LogP contribution in [-0.2, 0) is 26.7 Å². The highest BCUT2D eigenvalue weighted by Crippen LogP contribution is 2.39. The third-order valence-corrected chi connectivity index (χ3v) is 15.2. The number of nitrogens with one attached hydrogen (secondary N) is 2. The highest BCUT2D eigenvalue weighted by Gasteiger charge is 2.39. The van der Waals surface area contributed by atoms with Crippen LogP contribution in [0.15, 0.2) is 10.3 Å². The minimum absolute atomic E-state index is 0.0878. The maximum absolute atomic E-state index is 15.3. The molecule has 2 amide bonds. The quantitative estimate of drug-likeness (QED) is 0.240. The SMILES string of the molecule is CCC(C)c1cc(C#N)c(F)c(C(C)C)c1NC(=O)NS(=O)(=O)c1sc(C(C)(C)O)nc1CO[Si](C)(C)C(C)(C)C. The number of anilines is 1. The van der Waals surface area contributed by atoms with Crippen molar-refractivity contribution in [2.24, 2.45) is 0 Å². The summed E-state index contributed by atoms with van der Waals surface area (Å²) >= 11 is 0.755. The molecule has 3 N–H and O–H groups in total. The summed E-state index contributed by atoms with van der Waals surface area (Å²) in [6.45, 7) is 20.3. The van der Waals surface area contributed by atoms with Gasteiger partial charge in [0.15, 0.2) is 12.5 Å². The first-order valence-electron chi connectivity index (χ1n) is 13.5. The van der Waals surface area contributed by atoms with Crippen LogP contribution >= 0.6 is 11.3 Å². The van der Waals surface area contributed by atoms with E-state index in [4.69, 9.17) is 4.43 Å². The molecule has 0 saturated carbocycles. The number of sulfonamides is 1. The van der Waals surface area contributed by atoms with Crippen molar-refractivity contribution in [1.29, 1.82) is 5.26 Å². The lowest BCUT2D eigenvalue weighted by Gasteiger charge is -2.36. The van der Waals surface area contributed by atoms with Crippen LogP contribution in [0.3, 0.4) is 0 Å². The first-order valence-corrected chi connectivity index (χ1v) is 18.7. The summed E-state index contributed by atoms with van der Waals surface area (Å²) in [6.07, 6.45) is 0.640. The van der Waals surface area contributed by atoms with Gasteiger partial charge < -0.3 is 14.8 Å². The van der Waals surface area contributed by atoms with Crippen molar-refractivity contribution in [3.63, 3.8) is 0 Å². The highest BCUT2D eigenvalue weighted by molar-refractivity contribution is 7.92. The van der Waals surface area contributed by atoms with Crippen LogP contribution < -0.4 is 10.0 Å². The molecule has 228 valence electrons. The molecule has 0 saturated heterocycles. The Kier molecular flexibility index (Phi) is 10.6. The molecule has 13 heteroatoms. The Morgan fingerprint density at radius 3 is 2.29 bits per heavy atom. The lowest BCUT2D eigenvalue weighted by atomic mass is 9.88. The maximum atomic E-state index is 15.3. The standard InChI is InChI=1S/C28H43FN4O5S2Si/c1-12-17(4)19-13-18(14-30)22(29)21(16(2)3)23(19)32-26(34)33-40(36,37)24-20(31-25(39-24)28(8,9)35)15-38-41(10,11)27(5,6)7/h13,16-17,35H,12,15H2,1-11H3,(H2,32,33,34). The van der Waals surface area contributed by atoms with E-state index in [1.54, 1.807) is 13.8 Å². The van der Waals surface area contributed by atoms with Gasteiger partial charge in [-0.3, -0.25) is 0 Å². The van der Waals surface area contributed by atoms with Crippen LogP contribution in [0.1, 0.15) is 108 Å². The lowest BCUT2D eigenvalue weighted by molar-refractivity contribution is 0.0779. The minimum atomic E-state index is -4.48. The van der Waals surface area contributed by atoms with E-state index in [0.717, 1.165) is 11.3 Å². The Morgan fingerprint density at radius 1 is 1.24 bits per heavy atom. The molecule has 1 heterocycles. The molecule has 1 aromatic heterocycles. The maximum Gasteiger partial charge on any atom is 0.333 e. The molecule has 0 aliphatic heterocycles. The first-order chi connectivity index (χ1) is 18.6. The van der Waals surface area contributed by atoms with Crippen LogP contribution in [0.2, 0.25) is 18.1 Å². The third kappa shape index (κ3) is 7.93. The first kappa shape index (κ1) is 34.8. The van der Waals surface area contributed by atoms with E-state index in [9.17, 15) is 23.6 Å². The van der Waals surface area contributed by atoms with Gasteiger partial charge >= 0.3 is 6.03 Å². The van der Waals surface area contributed by atoms with Crippen LogP contribution in [0, 0.1) is 17.1 Å². The molecule has 1 atom stereocenters. The van der Waals surface area contributed by atoms with Crippen molar-refractivity contribution < 1.29 is 27.1 Å². The van der Waals surface area contributed by atoms with Crippen molar-refractivity contribution in [1.82, 2.24) is 9.71 Å². The number of thiazole rings is 1. The van der Waals surface area contributed by atoms with Gasteiger partial charge in [-0.25, -0.2) is 27.3 Å². The van der Waals surface area contributed by atoms with Crippen LogP contribution in [0.4, 0.5) is 14.9 Å². The number of hydrogen-bond acceptors (Lipinski definition) is 8. The molecule has 0 radical (unpaired) electrons. The minimum Gasteiger partial charge on any atom is -0.411 e. The second kappa shape index (κ2) is 12.5. The number of nitriles is 1. The molecular weight excluding hydrogens is 584 g/mol. The zero-order valence-electron chi connectivity index (χ0n) is 25.8. The van der Waals surface area contributed by atoms with Crippen molar-refractivity contribution in [2.45, 2.75) is 115 Å². The van der Waals surface area contributed by atoms with Gasteiger partial charge in [-0.15, -0.1) is 11.3 Å². The van der Waals surface area contributed by atoms with E-state index in [1.807, 2.05) is 37.7 Å². The zero-order valence-corrected chi connectivity index (χ0v) is 28.4. The summed E-state index contributed by atoms with van der Waals surface area (Å²) in [5, 5.41) is 22.6. The van der Waals surface area contributed by atoms with Crippen molar-refractivity contribution in [3.05, 3.63) is 39.3 Å². The summed E-state index contributed by atoms with van der Waals surface area (Å²) in [5.41, 5.74) is -0.682. The fraction of sp³-hybridized carbons (Fsp3) is 0.607. The zero-order chi connectivity index (χ0) is 31.7. The van der Waals surface area contributed by atoms with Crippen LogP contribution in [0.25, 0.3) is 0 Å². The summed E-state index contributed by atoms with van der Waals surface area (Å²) < 4.78 is 50.3. The number of rotatable bonds is 10. The molecule has 2 aromatic rings. The molecule has 0 spiro atoms. The molecule has 2 rings (SSSR count). The summed E-state index contributed by atoms with van der Waals surface area (Å²) in [4.78, 5) is 17.6. The van der Waals surface area contributed by atoms with Gasteiger partial charge in [0.2, 0.25) is 0 Å². The fourth-order valence-electron chi connectivity index (χ4n) is 3.75. The van der Waals surface area contributed by atoms with E-state index in [-0.39, 0.29) is 49.3 Å². The second-order valence-corrected chi connectivity index (χ2v) is 20.3. The number of benzene rings is 1. The largest absolute Gasteiger partial charge is 0.411 e. The number of urea groups is 1. The van der Waals surface area contributed by atoms with Gasteiger partial charge in [-0.05, 0) is 61.9 Å². The van der Waals surface area contributed by atoms with E-state index in [0.29, 0.717) is 12.0 Å². The summed E-state index contributed by atoms with van der Waals surface area (Å²) in [5.74, 6) is -1.31. The van der Waals surface area contributed by atoms with Crippen molar-refractivity contribution in [2.75, 3.05) is 5.32 Å². The van der Waals surface area contributed by atoms with Crippen LogP contribution in [0.5, 0.6) is 0 Å². The van der Waals surface area contributed by atoms with Gasteiger partial charge in [0.25, 0.3) is 10.0 Å². The number of nitrogens with zero attached hydrogens (tertiary/aromatic N) is 2. The number of amides is 2. The average molecular weight is 627 g/mol. The molecule has 9 nitrogen and oxygen atoms in total. The molecule has 1 aromatic carbocycles. The number of aromatic nitrogens is 1. The monoisotopic (exact) mass is 626 g/mol. The third-order valence-electron chi connectivity index (χ3n) is 7.44. The van der Waals surface area contributed by atoms with Gasteiger partial charge in [0.1, 0.15) is 22.5 Å². The Morgan fingerprint density at radius 2 is 1.83 bits per heavy atom. The molecule has 0 aliphatic carbocycles. The van der Waals surface area contributed by atoms with Gasteiger partial charge in [-0.2, -0.15) is 5.26 Å². The van der Waals surface area contributed by atoms with E-state index in [2.05, 4.69) is 31.1 Å². The number of aliphatic hydroxyl groups is 1. The number of carbonyl (C=O) groups excluding carboxylic acids is 1. The normalized spacial score (nSPS) is 13.7. The molecule has 1 unspecified atom stereocenters. The number of carbonyl (C=O) groups is 1. The molecule has 0 bridgehead atoms. The van der Waals surface area contributed by atoms with Crippen LogP contribution in [-0.4, -0.2) is 32.9 Å². The summed E-state index contributed by atoms with van der Waals surface area (Å²) in [6, 6.07) is 2.18. The summed E-state index contributed by atoms with van der Waals surface area (Å²) in [7, 11) is -6.77. The van der Waals surface area contributed by atoms with Gasteiger partial charge in [0, 0.05) is 5.56 Å². The van der Waals surface area contributed by atoms with E-state index >= 15 is 4.39 Å². The predicted octanol–water partition coefficient (Wildman–Crippen LogP) is 7.05. The Bertz CT molecular complexity index is 1440. The molecule has 41 heavy (non-hydrogen) atoms. The Labute approximate surface area is 248 Å². The smallest absolute Gasteiger partial charge is 0.333 e. The fourth-order valence-corrected chi connectivity index (χ4v) is 7.08. The van der Waals surface area contributed by atoms with Gasteiger partial charge in [-0.1, -0.05) is 48.5 Å². The Hall–Kier alpha value is -2.37. The number of halogens is 1. The van der Waals surface area contributed by atoms with Crippen molar-refractivity contribution >= 4 is 41.4 Å². The highest BCUT2D eigenvalue weighted by atomic mass is 32.2. The Balaban J connectivity index is 2.54. The molecule has 0 aliphatic rings. The molecule has 0 fully saturated rings. The van der Waals surface area contributed by atoms with Gasteiger partial charge in [0.05, 0.1) is 23.6 Å². The van der Waals surface area contributed by atoms with Crippen molar-refractivity contribution in [3.8, 4) is 6.07 Å². The second-order valence-electron chi connectivity index (χ2n) is 12.6. The van der Waals surface area contributed by atoms with E-state index < -0.39 is 41.7 Å². The number of hydrogen-bond donors (Lipinski definition) is 3. The average Bonchev–Trinajstić information content (AvgIpc) is 3.27.